The van der Waals surface area contributed by atoms with Crippen molar-refractivity contribution >= 4 is 15.9 Å². The highest BCUT2D eigenvalue weighted by Crippen LogP contribution is 2.38. The summed E-state index contributed by atoms with van der Waals surface area (Å²) >= 11 is 3.40. The van der Waals surface area contributed by atoms with Crippen LogP contribution in [0.15, 0.2) is 34.8 Å². The van der Waals surface area contributed by atoms with Gasteiger partial charge in [-0.25, -0.2) is 4.39 Å². The fourth-order valence-electron chi connectivity index (χ4n) is 2.18. The van der Waals surface area contributed by atoms with Gasteiger partial charge in [-0.1, -0.05) is 22.0 Å². The largest absolute Gasteiger partial charge is 0.493 e. The van der Waals surface area contributed by atoms with E-state index in [-0.39, 0.29) is 5.82 Å². The Kier molecular flexibility index (Phi) is 4.85. The number of hydrogen-bond acceptors (Lipinski definition) is 3. The van der Waals surface area contributed by atoms with Gasteiger partial charge in [0.1, 0.15) is 11.9 Å². The molecule has 0 heterocycles. The van der Waals surface area contributed by atoms with E-state index in [9.17, 15) is 9.50 Å². The van der Waals surface area contributed by atoms with Crippen molar-refractivity contribution < 1.29 is 19.0 Å². The van der Waals surface area contributed by atoms with Gasteiger partial charge in [-0.2, -0.15) is 0 Å². The van der Waals surface area contributed by atoms with Crippen molar-refractivity contribution in [3.05, 3.63) is 57.3 Å². The minimum absolute atomic E-state index is 0.374. The van der Waals surface area contributed by atoms with Crippen molar-refractivity contribution in [2.24, 2.45) is 0 Å². The van der Waals surface area contributed by atoms with Crippen LogP contribution < -0.4 is 9.47 Å². The van der Waals surface area contributed by atoms with Gasteiger partial charge in [-0.05, 0) is 42.3 Å². The molecule has 3 nitrogen and oxygen atoms in total. The lowest BCUT2D eigenvalue weighted by Gasteiger charge is -2.17. The average Bonchev–Trinajstić information content (AvgIpc) is 2.45. The highest BCUT2D eigenvalue weighted by atomic mass is 79.9. The number of ether oxygens (including phenoxy) is 2. The highest BCUT2D eigenvalue weighted by molar-refractivity contribution is 9.10. The molecule has 0 aliphatic rings. The summed E-state index contributed by atoms with van der Waals surface area (Å²) in [6, 6.07) is 7.87. The van der Waals surface area contributed by atoms with E-state index >= 15 is 0 Å². The Bertz CT molecular complexity index is 638. The summed E-state index contributed by atoms with van der Waals surface area (Å²) < 4.78 is 24.6. The molecule has 1 N–H and O–H groups in total. The van der Waals surface area contributed by atoms with Crippen LogP contribution >= 0.6 is 15.9 Å². The third-order valence-corrected chi connectivity index (χ3v) is 3.86. The summed E-state index contributed by atoms with van der Waals surface area (Å²) in [5.41, 5.74) is 1.82. The average molecular weight is 355 g/mol. The van der Waals surface area contributed by atoms with Crippen LogP contribution in [0.2, 0.25) is 0 Å². The lowest BCUT2D eigenvalue weighted by molar-refractivity contribution is 0.218. The van der Waals surface area contributed by atoms with Crippen molar-refractivity contribution in [2.45, 2.75) is 13.0 Å². The maximum absolute atomic E-state index is 13.5. The fraction of sp³-hybridized carbons (Fsp3) is 0.250. The van der Waals surface area contributed by atoms with Crippen LogP contribution in [0.25, 0.3) is 0 Å². The molecule has 1 unspecified atom stereocenters. The van der Waals surface area contributed by atoms with E-state index in [4.69, 9.17) is 9.47 Å². The minimum atomic E-state index is -0.964. The second-order valence-corrected chi connectivity index (χ2v) is 5.55. The van der Waals surface area contributed by atoms with E-state index in [0.29, 0.717) is 27.1 Å². The molecule has 0 aromatic heterocycles. The lowest BCUT2D eigenvalue weighted by atomic mass is 9.99. The Morgan fingerprint density at radius 3 is 2.24 bits per heavy atom. The molecule has 2 aromatic rings. The smallest absolute Gasteiger partial charge is 0.161 e. The van der Waals surface area contributed by atoms with Crippen molar-refractivity contribution in [1.82, 2.24) is 0 Å². The molecule has 0 saturated carbocycles. The Balaban J connectivity index is 2.49. The van der Waals surface area contributed by atoms with Crippen LogP contribution in [-0.4, -0.2) is 19.3 Å². The predicted octanol–water partition coefficient (Wildman–Crippen LogP) is 4.00. The van der Waals surface area contributed by atoms with E-state index in [2.05, 4.69) is 15.9 Å². The fourth-order valence-corrected chi connectivity index (χ4v) is 2.72. The van der Waals surface area contributed by atoms with Gasteiger partial charge >= 0.3 is 0 Å². The SMILES string of the molecule is COc1cc(Br)c(C(O)c2cc(C)cc(F)c2)cc1OC. The van der Waals surface area contributed by atoms with Crippen LogP contribution in [0.4, 0.5) is 4.39 Å². The molecular formula is C16H16BrFO3. The Morgan fingerprint density at radius 2 is 1.67 bits per heavy atom. The first kappa shape index (κ1) is 15.8. The normalized spacial score (nSPS) is 12.1. The van der Waals surface area contributed by atoms with E-state index in [1.165, 1.54) is 26.4 Å². The van der Waals surface area contributed by atoms with Gasteiger partial charge in [0.2, 0.25) is 0 Å². The Hall–Kier alpha value is -1.59. The summed E-state index contributed by atoms with van der Waals surface area (Å²) in [5, 5.41) is 10.5. The molecule has 5 heteroatoms. The zero-order valence-corrected chi connectivity index (χ0v) is 13.6. The molecule has 0 radical (unpaired) electrons. The first-order chi connectivity index (χ1) is 9.96. The molecule has 0 fully saturated rings. The molecule has 112 valence electrons. The molecule has 2 aromatic carbocycles. The summed E-state index contributed by atoms with van der Waals surface area (Å²) in [7, 11) is 3.06. The van der Waals surface area contributed by atoms with E-state index < -0.39 is 6.10 Å². The van der Waals surface area contributed by atoms with Gasteiger partial charge in [0.15, 0.2) is 11.5 Å². The third-order valence-electron chi connectivity index (χ3n) is 3.18. The van der Waals surface area contributed by atoms with Crippen molar-refractivity contribution in [3.8, 4) is 11.5 Å². The topological polar surface area (TPSA) is 38.7 Å². The number of hydrogen-bond donors (Lipinski definition) is 1. The number of aryl methyl sites for hydroxylation is 1. The second-order valence-electron chi connectivity index (χ2n) is 4.69. The molecule has 0 amide bonds. The van der Waals surface area contributed by atoms with Crippen molar-refractivity contribution in [3.63, 3.8) is 0 Å². The molecule has 1 atom stereocenters. The second kappa shape index (κ2) is 6.45. The Labute approximate surface area is 131 Å². The first-order valence-electron chi connectivity index (χ1n) is 6.33. The number of aliphatic hydroxyl groups is 1. The zero-order valence-electron chi connectivity index (χ0n) is 12.0. The van der Waals surface area contributed by atoms with Gasteiger partial charge in [-0.15, -0.1) is 0 Å². The number of methoxy groups -OCH3 is 2. The number of benzene rings is 2. The van der Waals surface area contributed by atoms with E-state index in [1.54, 1.807) is 25.1 Å². The van der Waals surface area contributed by atoms with Crippen LogP contribution in [-0.2, 0) is 0 Å². The lowest BCUT2D eigenvalue weighted by Crippen LogP contribution is -2.03. The molecule has 0 aliphatic carbocycles. The van der Waals surface area contributed by atoms with Crippen LogP contribution in [0.1, 0.15) is 22.8 Å². The monoisotopic (exact) mass is 354 g/mol. The zero-order chi connectivity index (χ0) is 15.6. The minimum Gasteiger partial charge on any atom is -0.493 e. The summed E-state index contributed by atoms with van der Waals surface area (Å²) in [5.74, 6) is 0.680. The number of rotatable bonds is 4. The van der Waals surface area contributed by atoms with Crippen molar-refractivity contribution in [2.75, 3.05) is 14.2 Å². The predicted molar refractivity (Wildman–Crippen MR) is 82.4 cm³/mol. The maximum atomic E-state index is 13.5. The molecule has 0 saturated heterocycles. The van der Waals surface area contributed by atoms with E-state index in [0.717, 1.165) is 5.56 Å². The maximum Gasteiger partial charge on any atom is 0.161 e. The van der Waals surface area contributed by atoms with E-state index in [1.807, 2.05) is 0 Å². The van der Waals surface area contributed by atoms with Crippen LogP contribution in [0, 0.1) is 12.7 Å². The molecule has 0 aliphatic heterocycles. The van der Waals surface area contributed by atoms with Crippen molar-refractivity contribution in [1.29, 1.82) is 0 Å². The number of aliphatic hydroxyl groups excluding tert-OH is 1. The molecule has 0 bridgehead atoms. The van der Waals surface area contributed by atoms with Crippen LogP contribution in [0.5, 0.6) is 11.5 Å². The molecular weight excluding hydrogens is 339 g/mol. The van der Waals surface area contributed by atoms with Gasteiger partial charge in [-0.3, -0.25) is 0 Å². The first-order valence-corrected chi connectivity index (χ1v) is 7.12. The van der Waals surface area contributed by atoms with Gasteiger partial charge < -0.3 is 14.6 Å². The number of halogens is 2. The van der Waals surface area contributed by atoms with Gasteiger partial charge in [0.05, 0.1) is 14.2 Å². The van der Waals surface area contributed by atoms with Crippen LogP contribution in [0.3, 0.4) is 0 Å². The highest BCUT2D eigenvalue weighted by Gasteiger charge is 2.18. The van der Waals surface area contributed by atoms with Gasteiger partial charge in [0, 0.05) is 10.0 Å². The molecule has 21 heavy (non-hydrogen) atoms. The summed E-state index contributed by atoms with van der Waals surface area (Å²) in [6.45, 7) is 1.78. The quantitative estimate of drug-likeness (QED) is 0.901. The van der Waals surface area contributed by atoms with Gasteiger partial charge in [0.25, 0.3) is 0 Å². The third kappa shape index (κ3) is 3.36. The standard InChI is InChI=1S/C16H16BrFO3/c1-9-4-10(6-11(18)5-9)16(19)12-7-14(20-2)15(21-3)8-13(12)17/h4-8,16,19H,1-3H3. The summed E-state index contributed by atoms with van der Waals surface area (Å²) in [6.07, 6.45) is -0.964. The Morgan fingerprint density at radius 1 is 1.05 bits per heavy atom. The summed E-state index contributed by atoms with van der Waals surface area (Å²) in [4.78, 5) is 0. The molecule has 2 rings (SSSR count). The molecule has 0 spiro atoms.